The summed E-state index contributed by atoms with van der Waals surface area (Å²) in [5, 5.41) is 10.2. The molecule has 1 aliphatic carbocycles. The monoisotopic (exact) mass is 351 g/mol. The van der Waals surface area contributed by atoms with E-state index in [4.69, 9.17) is 4.99 Å². The van der Waals surface area contributed by atoms with E-state index in [0.29, 0.717) is 17.9 Å². The summed E-state index contributed by atoms with van der Waals surface area (Å²) < 4.78 is 0. The first-order chi connectivity index (χ1) is 12.8. The molecular weight excluding hydrogens is 326 g/mol. The Hall–Kier alpha value is -2.50. The van der Waals surface area contributed by atoms with Crippen LogP contribution in [0.5, 0.6) is 0 Å². The second kappa shape index (κ2) is 7.81. The molecule has 0 aromatic carbocycles. The van der Waals surface area contributed by atoms with Crippen LogP contribution in [-0.4, -0.2) is 33.3 Å². The molecular formula is C20H25N5O. The number of carbonyl (C=O) groups is 1. The second-order valence-electron chi connectivity index (χ2n) is 7.27. The number of amides is 1. The van der Waals surface area contributed by atoms with Gasteiger partial charge in [0.15, 0.2) is 5.69 Å². The molecule has 1 fully saturated rings. The minimum Gasteiger partial charge on any atom is -0.345 e. The van der Waals surface area contributed by atoms with Gasteiger partial charge in [-0.2, -0.15) is 5.10 Å². The maximum Gasteiger partial charge on any atom is 0.274 e. The van der Waals surface area contributed by atoms with Gasteiger partial charge in [0, 0.05) is 18.0 Å². The molecule has 0 atom stereocenters. The highest BCUT2D eigenvalue weighted by atomic mass is 16.2. The first-order valence-electron chi connectivity index (χ1n) is 9.64. The summed E-state index contributed by atoms with van der Waals surface area (Å²) in [6.07, 6.45) is 13.6. The van der Waals surface area contributed by atoms with Crippen molar-refractivity contribution in [1.29, 1.82) is 0 Å². The van der Waals surface area contributed by atoms with Crippen LogP contribution in [0, 0.1) is 5.92 Å². The highest BCUT2D eigenvalue weighted by Gasteiger charge is 2.24. The number of H-pyrrole nitrogens is 1. The van der Waals surface area contributed by atoms with Crippen LogP contribution in [0.4, 0.5) is 5.69 Å². The number of nitrogens with zero attached hydrogens (tertiary/aromatic N) is 3. The lowest BCUT2D eigenvalue weighted by atomic mass is 9.85. The molecule has 2 N–H and O–H groups in total. The van der Waals surface area contributed by atoms with Crippen LogP contribution in [0.3, 0.4) is 0 Å². The average Bonchev–Trinajstić information content (AvgIpc) is 3.01. The van der Waals surface area contributed by atoms with Crippen molar-refractivity contribution < 1.29 is 4.79 Å². The maximum absolute atomic E-state index is 12.3. The lowest BCUT2D eigenvalue weighted by Gasteiger charge is -2.21. The van der Waals surface area contributed by atoms with E-state index in [1.165, 1.54) is 38.5 Å². The van der Waals surface area contributed by atoms with Crippen LogP contribution < -0.4 is 5.32 Å². The van der Waals surface area contributed by atoms with E-state index in [2.05, 4.69) is 20.5 Å². The molecule has 0 spiro atoms. The molecule has 1 amide bonds. The van der Waals surface area contributed by atoms with Crippen LogP contribution in [0.15, 0.2) is 29.5 Å². The quantitative estimate of drug-likeness (QED) is 0.864. The zero-order valence-corrected chi connectivity index (χ0v) is 15.0. The first-order valence-corrected chi connectivity index (χ1v) is 9.64. The van der Waals surface area contributed by atoms with Crippen molar-refractivity contribution in [2.45, 2.75) is 51.4 Å². The minimum atomic E-state index is -0.164. The number of aromatic nitrogens is 3. The van der Waals surface area contributed by atoms with Crippen molar-refractivity contribution >= 4 is 17.3 Å². The SMILES string of the molecule is O=C1NCC(c2ccncc2)=Nc2c1n[nH]c2CCCC1CCCCC1. The Balaban J connectivity index is 1.52. The highest BCUT2D eigenvalue weighted by molar-refractivity contribution is 6.10. The molecule has 2 aromatic heterocycles. The molecule has 2 aromatic rings. The Morgan fingerprint density at radius 3 is 2.73 bits per heavy atom. The van der Waals surface area contributed by atoms with Crippen molar-refractivity contribution in [3.63, 3.8) is 0 Å². The lowest BCUT2D eigenvalue weighted by Crippen LogP contribution is -2.28. The fourth-order valence-corrected chi connectivity index (χ4v) is 4.00. The molecule has 0 unspecified atom stereocenters. The molecule has 4 rings (SSSR count). The highest BCUT2D eigenvalue weighted by Crippen LogP contribution is 2.30. The summed E-state index contributed by atoms with van der Waals surface area (Å²) in [4.78, 5) is 21.2. The fourth-order valence-electron chi connectivity index (χ4n) is 4.00. The van der Waals surface area contributed by atoms with E-state index in [9.17, 15) is 4.79 Å². The van der Waals surface area contributed by atoms with Gasteiger partial charge in [0.05, 0.1) is 18.0 Å². The number of aryl methyl sites for hydroxylation is 1. The summed E-state index contributed by atoms with van der Waals surface area (Å²) >= 11 is 0. The Morgan fingerprint density at radius 2 is 1.92 bits per heavy atom. The fraction of sp³-hybridized carbons (Fsp3) is 0.500. The molecule has 6 nitrogen and oxygen atoms in total. The normalized spacial score (nSPS) is 18.0. The molecule has 136 valence electrons. The van der Waals surface area contributed by atoms with Crippen LogP contribution >= 0.6 is 0 Å². The standard InChI is InChI=1S/C20H25N5O/c26-20-19-18(23-17(13-22-20)15-9-11-21-12-10-15)16(24-25-19)8-4-7-14-5-2-1-3-6-14/h9-12,14H,1-8,13H2,(H,22,26)(H,24,25). The van der Waals surface area contributed by atoms with Gasteiger partial charge in [-0.15, -0.1) is 0 Å². The molecule has 1 saturated carbocycles. The second-order valence-corrected chi connectivity index (χ2v) is 7.27. The maximum atomic E-state index is 12.3. The third kappa shape index (κ3) is 3.69. The van der Waals surface area contributed by atoms with Gasteiger partial charge in [-0.25, -0.2) is 4.99 Å². The molecule has 2 aliphatic rings. The van der Waals surface area contributed by atoms with Gasteiger partial charge in [0.25, 0.3) is 5.91 Å². The first kappa shape index (κ1) is 16.9. The summed E-state index contributed by atoms with van der Waals surface area (Å²) in [6, 6.07) is 3.83. The Morgan fingerprint density at radius 1 is 1.12 bits per heavy atom. The number of nitrogens with one attached hydrogen (secondary N) is 2. The van der Waals surface area contributed by atoms with Gasteiger partial charge >= 0.3 is 0 Å². The zero-order chi connectivity index (χ0) is 17.8. The van der Waals surface area contributed by atoms with E-state index in [0.717, 1.165) is 35.7 Å². The number of aliphatic imine (C=N–C) groups is 1. The predicted molar refractivity (Wildman–Crippen MR) is 101 cm³/mol. The van der Waals surface area contributed by atoms with Crippen molar-refractivity contribution in [3.05, 3.63) is 41.5 Å². The third-order valence-electron chi connectivity index (χ3n) is 5.47. The summed E-state index contributed by atoms with van der Waals surface area (Å²) in [7, 11) is 0. The Kier molecular flexibility index (Phi) is 5.09. The third-order valence-corrected chi connectivity index (χ3v) is 5.47. The van der Waals surface area contributed by atoms with Gasteiger partial charge < -0.3 is 5.32 Å². The van der Waals surface area contributed by atoms with Gasteiger partial charge in [-0.3, -0.25) is 14.9 Å². The molecule has 3 heterocycles. The molecule has 0 saturated heterocycles. The smallest absolute Gasteiger partial charge is 0.274 e. The van der Waals surface area contributed by atoms with Crippen LogP contribution in [-0.2, 0) is 6.42 Å². The number of carbonyl (C=O) groups excluding carboxylic acids is 1. The summed E-state index contributed by atoms with van der Waals surface area (Å²) in [6.45, 7) is 0.403. The number of hydrogen-bond donors (Lipinski definition) is 2. The number of hydrogen-bond acceptors (Lipinski definition) is 4. The molecule has 0 radical (unpaired) electrons. The topological polar surface area (TPSA) is 83.0 Å². The van der Waals surface area contributed by atoms with E-state index in [-0.39, 0.29) is 5.91 Å². The largest absolute Gasteiger partial charge is 0.345 e. The number of aromatic amines is 1. The van der Waals surface area contributed by atoms with Crippen LogP contribution in [0.2, 0.25) is 0 Å². The van der Waals surface area contributed by atoms with Gasteiger partial charge in [0.2, 0.25) is 0 Å². The van der Waals surface area contributed by atoms with Crippen molar-refractivity contribution in [2.75, 3.05) is 6.54 Å². The van der Waals surface area contributed by atoms with E-state index in [1.54, 1.807) is 12.4 Å². The minimum absolute atomic E-state index is 0.164. The molecule has 26 heavy (non-hydrogen) atoms. The number of fused-ring (bicyclic) bond motifs is 1. The van der Waals surface area contributed by atoms with Crippen LogP contribution in [0.1, 0.15) is 66.7 Å². The van der Waals surface area contributed by atoms with E-state index in [1.807, 2.05) is 12.1 Å². The molecule has 1 aliphatic heterocycles. The zero-order valence-electron chi connectivity index (χ0n) is 15.0. The van der Waals surface area contributed by atoms with E-state index < -0.39 is 0 Å². The molecule has 6 heteroatoms. The molecule has 0 bridgehead atoms. The number of rotatable bonds is 5. The lowest BCUT2D eigenvalue weighted by molar-refractivity contribution is 0.0956. The predicted octanol–water partition coefficient (Wildman–Crippen LogP) is 3.57. The number of pyridine rings is 1. The van der Waals surface area contributed by atoms with Crippen molar-refractivity contribution in [1.82, 2.24) is 20.5 Å². The summed E-state index contributed by atoms with van der Waals surface area (Å²) in [5.74, 6) is 0.701. The van der Waals surface area contributed by atoms with E-state index >= 15 is 0 Å². The Labute approximate surface area is 153 Å². The van der Waals surface area contributed by atoms with Gasteiger partial charge in [-0.05, 0) is 30.9 Å². The summed E-state index contributed by atoms with van der Waals surface area (Å²) in [5.41, 5.74) is 3.90. The Bertz CT molecular complexity index is 790. The van der Waals surface area contributed by atoms with Crippen molar-refractivity contribution in [3.8, 4) is 0 Å². The average molecular weight is 351 g/mol. The van der Waals surface area contributed by atoms with Gasteiger partial charge in [-0.1, -0.05) is 38.5 Å². The van der Waals surface area contributed by atoms with Gasteiger partial charge in [0.1, 0.15) is 5.69 Å². The van der Waals surface area contributed by atoms with Crippen molar-refractivity contribution in [2.24, 2.45) is 10.9 Å². The van der Waals surface area contributed by atoms with Crippen LogP contribution in [0.25, 0.3) is 0 Å².